The second kappa shape index (κ2) is 35.3. The third kappa shape index (κ3) is 21.3. The lowest BCUT2D eigenvalue weighted by Crippen LogP contribution is -2.57. The van der Waals surface area contributed by atoms with Crippen molar-refractivity contribution in [1.29, 1.82) is 0 Å². The predicted molar refractivity (Wildman–Crippen MR) is 412 cm³/mol. The van der Waals surface area contributed by atoms with Gasteiger partial charge in [0, 0.05) is 124 Å². The first-order valence-electron chi connectivity index (χ1n) is 36.3. The summed E-state index contributed by atoms with van der Waals surface area (Å²) in [5.41, 5.74) is 2.56. The molecule has 0 spiro atoms. The number of carbonyl (C=O) groups excluding carboxylic acids is 5. The summed E-state index contributed by atoms with van der Waals surface area (Å²) >= 11 is 9.18. The lowest BCUT2D eigenvalue weighted by atomic mass is 9.73. The molecule has 0 unspecified atom stereocenters. The average Bonchev–Trinajstić information content (AvgIpc) is 1.45. The molecule has 5 N–H and O–H groups in total. The number of sulfone groups is 1. The number of piperazine rings is 2. The highest BCUT2D eigenvalue weighted by Gasteiger charge is 2.49. The van der Waals surface area contributed by atoms with Crippen LogP contribution in [0.3, 0.4) is 0 Å². The van der Waals surface area contributed by atoms with Gasteiger partial charge in [0.05, 0.1) is 38.8 Å². The first kappa shape index (κ1) is 81.2. The molecular formula is C78H98ClF3N10O10S4. The highest BCUT2D eigenvalue weighted by atomic mass is 35.5. The zero-order chi connectivity index (χ0) is 76.3. The van der Waals surface area contributed by atoms with E-state index in [2.05, 4.69) is 61.6 Å². The number of aryl methyl sites for hydroxylation is 1. The van der Waals surface area contributed by atoms with Crippen molar-refractivity contribution in [3.8, 4) is 10.4 Å². The molecule has 5 aromatic carbocycles. The SMILES string of the molecule is Cc1ncsc1-c1ccc([C@H](C)NC(=O)[C@@H]2C[C@@H](O)CN2C(=O)[C@@H](NC(=O)CCCCCCC(=O)N2CCN(CC[C@H](CSc3ccccc3)Nc3ccc(S(=O)(=O)NC(=O)c4ccc(N5CCN(CC6=C(c7ccc(Cl)cc7)CCC(C)(C)C6)CC5)cc4)cc3S(=O)(=O)C(F)(F)F)CC2)C(C)(C)C)cc1. The first-order valence-corrected chi connectivity index (χ1v) is 41.5. The zero-order valence-electron chi connectivity index (χ0n) is 61.2. The number of aliphatic hydroxyl groups excluding tert-OH is 1. The lowest BCUT2D eigenvalue weighted by molar-refractivity contribution is -0.144. The number of nitrogens with zero attached hydrogens (tertiary/aromatic N) is 6. The number of unbranched alkanes of at least 4 members (excludes halogenated alkanes) is 3. The van der Waals surface area contributed by atoms with Gasteiger partial charge in [-0.3, -0.25) is 33.8 Å². The molecule has 106 heavy (non-hydrogen) atoms. The van der Waals surface area contributed by atoms with Gasteiger partial charge in [-0.2, -0.15) is 13.2 Å². The molecule has 5 amide bonds. The van der Waals surface area contributed by atoms with E-state index in [1.54, 1.807) is 33.9 Å². The van der Waals surface area contributed by atoms with Crippen LogP contribution < -0.4 is 25.6 Å². The van der Waals surface area contributed by atoms with Gasteiger partial charge in [-0.25, -0.2) is 26.5 Å². The third-order valence-electron chi connectivity index (χ3n) is 20.4. The van der Waals surface area contributed by atoms with Crippen molar-refractivity contribution in [3.05, 3.63) is 160 Å². The molecule has 1 aliphatic carbocycles. The van der Waals surface area contributed by atoms with Gasteiger partial charge in [-0.05, 0) is 152 Å². The highest BCUT2D eigenvalue weighted by Crippen LogP contribution is 2.44. The number of allylic oxidation sites excluding steroid dienone is 1. The summed E-state index contributed by atoms with van der Waals surface area (Å²) in [5, 5.41) is 20.4. The van der Waals surface area contributed by atoms with Crippen molar-refractivity contribution in [1.82, 2.24) is 39.9 Å². The van der Waals surface area contributed by atoms with Crippen LogP contribution in [0.2, 0.25) is 5.02 Å². The number of benzene rings is 5. The number of halogens is 4. The second-order valence-electron chi connectivity index (χ2n) is 30.1. The molecule has 3 fully saturated rings. The molecular weight excluding hydrogens is 1460 g/mol. The number of anilines is 2. The van der Waals surface area contributed by atoms with Gasteiger partial charge in [0.15, 0.2) is 0 Å². The minimum atomic E-state index is -6.18. The van der Waals surface area contributed by atoms with E-state index in [4.69, 9.17) is 11.6 Å². The standard InChI is InChI=1S/C78H98ClF3N10O10S4/c1-52(54-19-21-56(22-20-54)71-53(2)83-51-104-71)84-74(97)67-45-62(93)49-92(67)75(98)72(76(3,4)5)86-69(94)17-13-8-9-14-18-70(95)91-43-37-88(38-44-91)36-34-60(50-103-63-15-11-10-12-16-63)85-66-32-31-64(46-68(66)105(99,100)78(80,81)82)106(101,102)87-73(96)57-25-29-61(30-26-57)90-41-39-89(40-42-90)48-58-47-77(6,7)35-33-65(58)55-23-27-59(79)28-24-55/h10-12,15-16,19-32,46,51-52,60,62,67,72,85,93H,8-9,13-14,17-18,33-45,47-50H2,1-7H3,(H,84,97)(H,86,94)(H,87,96)/t52-,60+,62+,67-,72+/m0/s1. The van der Waals surface area contributed by atoms with Crippen LogP contribution in [0.5, 0.6) is 0 Å². The monoisotopic (exact) mass is 1550 g/mol. The minimum absolute atomic E-state index is 0.0245. The van der Waals surface area contributed by atoms with Gasteiger partial charge in [-0.15, -0.1) is 23.1 Å². The Kier molecular flexibility index (Phi) is 27.0. The molecule has 5 atom stereocenters. The van der Waals surface area contributed by atoms with Crippen LogP contribution in [0.4, 0.5) is 24.5 Å². The summed E-state index contributed by atoms with van der Waals surface area (Å²) in [5.74, 6) is -2.00. The molecule has 0 saturated carbocycles. The van der Waals surface area contributed by atoms with Crippen molar-refractivity contribution in [2.45, 2.75) is 170 Å². The highest BCUT2D eigenvalue weighted by molar-refractivity contribution is 7.99. The molecule has 28 heteroatoms. The molecule has 1 aromatic heterocycles. The number of carbonyl (C=O) groups is 5. The smallest absolute Gasteiger partial charge is 0.391 e. The number of thiazole rings is 1. The Morgan fingerprint density at radius 1 is 0.783 bits per heavy atom. The average molecular weight is 1560 g/mol. The van der Waals surface area contributed by atoms with E-state index in [0.717, 1.165) is 83.3 Å². The van der Waals surface area contributed by atoms with E-state index in [1.165, 1.54) is 45.5 Å². The van der Waals surface area contributed by atoms with Gasteiger partial charge in [-0.1, -0.05) is 119 Å². The summed E-state index contributed by atoms with van der Waals surface area (Å²) in [4.78, 5) is 82.6. The maximum absolute atomic E-state index is 14.6. The van der Waals surface area contributed by atoms with Crippen molar-refractivity contribution in [2.24, 2.45) is 10.8 Å². The molecule has 6 aromatic rings. The van der Waals surface area contributed by atoms with E-state index in [0.29, 0.717) is 95.4 Å². The van der Waals surface area contributed by atoms with E-state index in [1.807, 2.05) is 106 Å². The number of β-amino-alcohol motifs (C(OH)–C–C–N with tert-alkyl or cyclic N) is 1. The molecule has 3 saturated heterocycles. The third-order valence-corrected chi connectivity index (χ3v) is 25.7. The molecule has 10 rings (SSSR count). The summed E-state index contributed by atoms with van der Waals surface area (Å²) < 4.78 is 100. The quantitative estimate of drug-likeness (QED) is 0.0216. The normalized spacial score (nSPS) is 18.6. The topological polar surface area (TPSA) is 251 Å². The number of alkyl halides is 3. The van der Waals surface area contributed by atoms with Gasteiger partial charge < -0.3 is 35.8 Å². The van der Waals surface area contributed by atoms with E-state index in [-0.39, 0.29) is 47.9 Å². The van der Waals surface area contributed by atoms with Crippen LogP contribution in [-0.4, -0.2) is 184 Å². The lowest BCUT2D eigenvalue weighted by Gasteiger charge is -2.39. The maximum atomic E-state index is 14.6. The van der Waals surface area contributed by atoms with Crippen molar-refractivity contribution >= 4 is 101 Å². The van der Waals surface area contributed by atoms with Crippen LogP contribution in [0.1, 0.15) is 145 Å². The predicted octanol–water partition coefficient (Wildman–Crippen LogP) is 12.8. The van der Waals surface area contributed by atoms with Crippen LogP contribution >= 0.6 is 34.7 Å². The number of hydrogen-bond acceptors (Lipinski definition) is 17. The van der Waals surface area contributed by atoms with Crippen LogP contribution in [0.15, 0.2) is 147 Å². The van der Waals surface area contributed by atoms with Gasteiger partial charge in [0.2, 0.25) is 23.6 Å². The first-order chi connectivity index (χ1) is 50.2. The number of nitrogens with one attached hydrogen (secondary N) is 4. The number of amides is 5. The van der Waals surface area contributed by atoms with Crippen LogP contribution in [0, 0.1) is 17.8 Å². The van der Waals surface area contributed by atoms with Gasteiger partial charge >= 0.3 is 5.51 Å². The molecule has 4 aliphatic rings. The van der Waals surface area contributed by atoms with Gasteiger partial charge in [0.25, 0.3) is 25.8 Å². The summed E-state index contributed by atoms with van der Waals surface area (Å²) in [6, 6.07) is 30.9. The summed E-state index contributed by atoms with van der Waals surface area (Å²) in [6.07, 6.45) is 5.39. The van der Waals surface area contributed by atoms with Crippen molar-refractivity contribution < 1.29 is 59.1 Å². The van der Waals surface area contributed by atoms with E-state index >= 15 is 0 Å². The largest absolute Gasteiger partial charge is 0.501 e. The van der Waals surface area contributed by atoms with E-state index in [9.17, 15) is 59.1 Å². The second-order valence-corrected chi connectivity index (χ2v) is 36.0. The van der Waals surface area contributed by atoms with Gasteiger partial charge in [0.1, 0.15) is 17.0 Å². The minimum Gasteiger partial charge on any atom is -0.391 e. The number of aromatic nitrogens is 1. The van der Waals surface area contributed by atoms with Crippen LogP contribution in [0.25, 0.3) is 16.0 Å². The Hall–Kier alpha value is -7.37. The van der Waals surface area contributed by atoms with Crippen molar-refractivity contribution in [2.75, 3.05) is 88.0 Å². The Morgan fingerprint density at radius 3 is 2.08 bits per heavy atom. The summed E-state index contributed by atoms with van der Waals surface area (Å²) in [6.45, 7) is 19.9. The summed E-state index contributed by atoms with van der Waals surface area (Å²) in [7, 11) is -11.1. The Bertz CT molecular complexity index is 4320. The molecule has 3 aliphatic heterocycles. The maximum Gasteiger partial charge on any atom is 0.501 e. The number of rotatable bonds is 29. The molecule has 0 radical (unpaired) electrons. The number of thioether (sulfide) groups is 1. The fraction of sp³-hybridized carbons (Fsp3) is 0.487. The van der Waals surface area contributed by atoms with Crippen LogP contribution in [-0.2, 0) is 39.0 Å². The molecule has 4 heterocycles. The zero-order valence-corrected chi connectivity index (χ0v) is 65.2. The Labute approximate surface area is 634 Å². The molecule has 572 valence electrons. The Morgan fingerprint density at radius 2 is 1.43 bits per heavy atom. The number of likely N-dealkylation sites (tertiary alicyclic amines) is 1. The molecule has 20 nitrogen and oxygen atoms in total. The van der Waals surface area contributed by atoms with E-state index < -0.39 is 94.3 Å². The fourth-order valence-electron chi connectivity index (χ4n) is 14.2. The number of sulfonamides is 1. The number of aliphatic hydroxyl groups is 1. The fourth-order valence-corrected chi connectivity index (χ4v) is 18.2. The molecule has 0 bridgehead atoms. The van der Waals surface area contributed by atoms with Crippen molar-refractivity contribution in [3.63, 3.8) is 0 Å². The Balaban J connectivity index is 0.680. The number of hydrogen-bond donors (Lipinski definition) is 5.